The maximum Gasteiger partial charge on any atom is 0.434 e. The Morgan fingerprint density at radius 1 is 1.09 bits per heavy atom. The van der Waals surface area contributed by atoms with Crippen LogP contribution in [0.2, 0.25) is 0 Å². The van der Waals surface area contributed by atoms with Gasteiger partial charge >= 0.3 is 6.18 Å². The Morgan fingerprint density at radius 3 is 2.55 bits per heavy atom. The van der Waals surface area contributed by atoms with Gasteiger partial charge in [-0.05, 0) is 43.7 Å². The smallest absolute Gasteiger partial charge is 0.434 e. The van der Waals surface area contributed by atoms with Crippen LogP contribution in [0.25, 0.3) is 5.82 Å². The van der Waals surface area contributed by atoms with Gasteiger partial charge in [0, 0.05) is 12.7 Å². The van der Waals surface area contributed by atoms with Gasteiger partial charge in [0.15, 0.2) is 11.5 Å². The summed E-state index contributed by atoms with van der Waals surface area (Å²) in [6.45, 7) is 2.42. The second kappa shape index (κ2) is 8.09. The first-order valence-electron chi connectivity index (χ1n) is 10.5. The number of alkyl halides is 3. The zero-order chi connectivity index (χ0) is 23.2. The molecule has 6 rings (SSSR count). The van der Waals surface area contributed by atoms with Crippen molar-refractivity contribution < 1.29 is 22.7 Å². The normalized spacial score (nSPS) is 22.4. The van der Waals surface area contributed by atoms with Crippen LogP contribution in [-0.2, 0) is 6.18 Å². The molecule has 33 heavy (non-hydrogen) atoms. The van der Waals surface area contributed by atoms with Crippen molar-refractivity contribution in [2.45, 2.75) is 44.5 Å². The number of rotatable bonds is 4. The van der Waals surface area contributed by atoms with Crippen LogP contribution in [0.15, 0.2) is 37.1 Å². The molecule has 3 aliphatic rings. The molecule has 2 saturated heterocycles. The molecule has 3 atom stereocenters. The van der Waals surface area contributed by atoms with Crippen LogP contribution in [0.3, 0.4) is 0 Å². The Bertz CT molecular complexity index is 1150. The Morgan fingerprint density at radius 2 is 1.88 bits per heavy atom. The summed E-state index contributed by atoms with van der Waals surface area (Å²) in [5.74, 6) is 0.352. The quantitative estimate of drug-likeness (QED) is 0.592. The van der Waals surface area contributed by atoms with Crippen molar-refractivity contribution in [2.75, 3.05) is 6.54 Å². The lowest BCUT2D eigenvalue weighted by atomic mass is 9.77. The predicted molar refractivity (Wildman–Crippen MR) is 108 cm³/mol. The van der Waals surface area contributed by atoms with E-state index in [1.54, 1.807) is 17.2 Å². The zero-order valence-electron chi connectivity index (χ0n) is 17.6. The summed E-state index contributed by atoms with van der Waals surface area (Å²) in [7, 11) is 0. The molecule has 172 valence electrons. The van der Waals surface area contributed by atoms with Gasteiger partial charge in [-0.3, -0.25) is 4.79 Å². The predicted octanol–water partition coefficient (Wildman–Crippen LogP) is 2.85. The van der Waals surface area contributed by atoms with E-state index in [4.69, 9.17) is 4.74 Å². The number of amides is 1. The lowest BCUT2D eigenvalue weighted by Crippen LogP contribution is -2.59. The van der Waals surface area contributed by atoms with Crippen LogP contribution in [0, 0.1) is 12.8 Å². The first kappa shape index (κ1) is 21.3. The van der Waals surface area contributed by atoms with E-state index < -0.39 is 18.0 Å². The van der Waals surface area contributed by atoms with Crippen molar-refractivity contribution >= 4 is 5.91 Å². The van der Waals surface area contributed by atoms with Gasteiger partial charge in [0.05, 0.1) is 36.4 Å². The summed E-state index contributed by atoms with van der Waals surface area (Å²) in [5, 5.41) is 8.20. The molecule has 0 spiro atoms. The summed E-state index contributed by atoms with van der Waals surface area (Å²) in [6, 6.07) is 1.51. The number of hydrogen-bond acceptors (Lipinski definition) is 7. The maximum atomic E-state index is 13.6. The molecule has 2 aliphatic heterocycles. The number of nitrogens with zero attached hydrogens (tertiary/aromatic N) is 7. The van der Waals surface area contributed by atoms with Gasteiger partial charge in [0.1, 0.15) is 6.10 Å². The standard InChI is InChI=1S/C21H20F3N7O2/c1-12-6-14(19(27-8-12)31-28-4-5-29-31)20(32)30-11-13-2-3-15(30)16(7-13)33-18-10-25-17(9-26-18)21(22,23)24/h4-6,8-10,13,15-16H,2-3,7,11H2,1H3/t13-,15+,16-/m1/s1. The molecule has 1 aliphatic carbocycles. The molecular weight excluding hydrogens is 439 g/mol. The van der Waals surface area contributed by atoms with Crippen LogP contribution in [-0.4, -0.2) is 59.4 Å². The zero-order valence-corrected chi connectivity index (χ0v) is 17.6. The molecule has 3 fully saturated rings. The highest BCUT2D eigenvalue weighted by atomic mass is 19.4. The fourth-order valence-electron chi connectivity index (χ4n) is 4.53. The number of ether oxygens (including phenoxy) is 1. The number of carbonyl (C=O) groups is 1. The molecule has 0 radical (unpaired) electrons. The fraction of sp³-hybridized carbons (Fsp3) is 0.429. The largest absolute Gasteiger partial charge is 0.471 e. The van der Waals surface area contributed by atoms with Crippen molar-refractivity contribution in [2.24, 2.45) is 5.92 Å². The Labute approximate surface area is 186 Å². The van der Waals surface area contributed by atoms with Gasteiger partial charge in [0.2, 0.25) is 5.88 Å². The molecule has 1 saturated carbocycles. The molecule has 3 aromatic heterocycles. The minimum atomic E-state index is -4.57. The highest BCUT2D eigenvalue weighted by molar-refractivity contribution is 5.97. The van der Waals surface area contributed by atoms with E-state index in [0.717, 1.165) is 24.6 Å². The van der Waals surface area contributed by atoms with E-state index in [2.05, 4.69) is 25.1 Å². The second-order valence-electron chi connectivity index (χ2n) is 8.30. The van der Waals surface area contributed by atoms with E-state index in [-0.39, 0.29) is 23.7 Å². The van der Waals surface area contributed by atoms with Crippen LogP contribution in [0.5, 0.6) is 5.88 Å². The van der Waals surface area contributed by atoms with E-state index in [0.29, 0.717) is 30.5 Å². The van der Waals surface area contributed by atoms with E-state index in [1.165, 1.54) is 17.2 Å². The average molecular weight is 459 g/mol. The SMILES string of the molecule is Cc1cnc(-n2nccn2)c(C(=O)N2C[C@@H]3CC[C@H]2[C@H](Oc2cnc(C(F)(F)F)cn2)C3)c1. The highest BCUT2D eigenvalue weighted by Crippen LogP contribution is 2.38. The lowest BCUT2D eigenvalue weighted by molar-refractivity contribution is -0.141. The Kier molecular flexibility index (Phi) is 5.22. The van der Waals surface area contributed by atoms with Crippen molar-refractivity contribution in [1.29, 1.82) is 0 Å². The third kappa shape index (κ3) is 4.12. The first-order chi connectivity index (χ1) is 15.8. The third-order valence-corrected chi connectivity index (χ3v) is 6.01. The number of piperidine rings is 2. The summed E-state index contributed by atoms with van der Waals surface area (Å²) in [4.78, 5) is 28.2. The topological polar surface area (TPSA) is 98.9 Å². The number of carbonyl (C=O) groups excluding carboxylic acids is 1. The van der Waals surface area contributed by atoms with Gasteiger partial charge in [-0.1, -0.05) is 0 Å². The summed E-state index contributed by atoms with van der Waals surface area (Å²) < 4.78 is 44.2. The summed E-state index contributed by atoms with van der Waals surface area (Å²) >= 11 is 0. The fourth-order valence-corrected chi connectivity index (χ4v) is 4.53. The number of halogens is 3. The molecule has 12 heteroatoms. The second-order valence-corrected chi connectivity index (χ2v) is 8.30. The van der Waals surface area contributed by atoms with Gasteiger partial charge in [-0.2, -0.15) is 23.4 Å². The monoisotopic (exact) mass is 459 g/mol. The van der Waals surface area contributed by atoms with Crippen LogP contribution >= 0.6 is 0 Å². The van der Waals surface area contributed by atoms with Crippen LogP contribution in [0.4, 0.5) is 13.2 Å². The highest BCUT2D eigenvalue weighted by Gasteiger charge is 2.45. The number of aromatic nitrogens is 6. The van der Waals surface area contributed by atoms with E-state index in [1.807, 2.05) is 6.92 Å². The van der Waals surface area contributed by atoms with Crippen molar-refractivity contribution in [3.05, 3.63) is 53.9 Å². The van der Waals surface area contributed by atoms with E-state index >= 15 is 0 Å². The van der Waals surface area contributed by atoms with Crippen LogP contribution in [0.1, 0.15) is 40.9 Å². The Hall–Kier alpha value is -3.57. The molecule has 3 aromatic rings. The molecule has 0 N–H and O–H groups in total. The molecule has 2 bridgehead atoms. The molecule has 9 nitrogen and oxygen atoms in total. The summed E-state index contributed by atoms with van der Waals surface area (Å²) in [5.41, 5.74) is 0.125. The number of fused-ring (bicyclic) bond motifs is 3. The molecular formula is C21H20F3N7O2. The number of hydrogen-bond donors (Lipinski definition) is 0. The molecule has 0 aromatic carbocycles. The number of pyridine rings is 1. The maximum absolute atomic E-state index is 13.6. The number of aryl methyl sites for hydroxylation is 1. The van der Waals surface area contributed by atoms with Crippen molar-refractivity contribution in [1.82, 2.24) is 34.8 Å². The van der Waals surface area contributed by atoms with Gasteiger partial charge in [-0.25, -0.2) is 15.0 Å². The average Bonchev–Trinajstić information content (AvgIpc) is 3.33. The van der Waals surface area contributed by atoms with Gasteiger partial charge < -0.3 is 9.64 Å². The first-order valence-corrected chi connectivity index (χ1v) is 10.5. The summed E-state index contributed by atoms with van der Waals surface area (Å²) in [6.07, 6.45) is 3.70. The molecule has 1 amide bonds. The van der Waals surface area contributed by atoms with Crippen molar-refractivity contribution in [3.8, 4) is 11.7 Å². The lowest BCUT2D eigenvalue weighted by Gasteiger charge is -2.49. The van der Waals surface area contributed by atoms with Gasteiger partial charge in [0.25, 0.3) is 5.91 Å². The minimum absolute atomic E-state index is 0.00611. The molecule has 0 unspecified atom stereocenters. The minimum Gasteiger partial charge on any atom is -0.471 e. The Balaban J connectivity index is 1.39. The van der Waals surface area contributed by atoms with Crippen molar-refractivity contribution in [3.63, 3.8) is 0 Å². The third-order valence-electron chi connectivity index (χ3n) is 6.01. The van der Waals surface area contributed by atoms with Gasteiger partial charge in [-0.15, -0.1) is 4.80 Å². The molecule has 5 heterocycles. The van der Waals surface area contributed by atoms with Crippen LogP contribution < -0.4 is 4.74 Å². The van der Waals surface area contributed by atoms with E-state index in [9.17, 15) is 18.0 Å².